The first-order chi connectivity index (χ1) is 10.0. The predicted octanol–water partition coefficient (Wildman–Crippen LogP) is 0.364. The molecule has 0 aliphatic carbocycles. The lowest BCUT2D eigenvalue weighted by molar-refractivity contribution is 0.0948. The lowest BCUT2D eigenvalue weighted by Crippen LogP contribution is -2.27. The molecule has 0 spiro atoms. The number of carbonyl (C=O) groups is 1. The molecule has 1 rings (SSSR count). The van der Waals surface area contributed by atoms with E-state index in [4.69, 9.17) is 11.2 Å². The number of hydrogen-bond acceptors (Lipinski definition) is 4. The molecule has 2 N–H and O–H groups in total. The van der Waals surface area contributed by atoms with E-state index in [2.05, 4.69) is 16.0 Å². The van der Waals surface area contributed by atoms with Crippen molar-refractivity contribution in [1.82, 2.24) is 10.0 Å². The van der Waals surface area contributed by atoms with Crippen LogP contribution in [0.15, 0.2) is 29.2 Å². The quantitative estimate of drug-likeness (QED) is 0.536. The highest BCUT2D eigenvalue weighted by Gasteiger charge is 2.15. The normalized spacial score (nSPS) is 10.9. The smallest absolute Gasteiger partial charge is 0.251 e. The van der Waals surface area contributed by atoms with Gasteiger partial charge in [-0.05, 0) is 24.6 Å². The summed E-state index contributed by atoms with van der Waals surface area (Å²) in [7, 11) is -2.12. The molecule has 0 atom stereocenters. The minimum absolute atomic E-state index is 0.00212. The standard InChI is InChI=1S/C14H18N2O4S/c1-3-8-16-21(18,19)13-7-4-6-12(11-13)14(17)15-9-5-10-20-2/h1,4,6-7,11,16H,5,8-10H2,2H3,(H,15,17). The van der Waals surface area contributed by atoms with Crippen LogP contribution >= 0.6 is 0 Å². The van der Waals surface area contributed by atoms with Crippen LogP contribution < -0.4 is 10.0 Å². The lowest BCUT2D eigenvalue weighted by Gasteiger charge is -2.07. The molecule has 0 aromatic heterocycles. The SMILES string of the molecule is C#CCNS(=O)(=O)c1cccc(C(=O)NCCCOC)c1. The molecule has 0 bridgehead atoms. The molecular formula is C14H18N2O4S. The van der Waals surface area contributed by atoms with Crippen LogP contribution in [-0.2, 0) is 14.8 Å². The summed E-state index contributed by atoms with van der Waals surface area (Å²) in [6.45, 7) is 0.902. The van der Waals surface area contributed by atoms with E-state index in [0.29, 0.717) is 19.6 Å². The molecule has 7 heteroatoms. The summed E-state index contributed by atoms with van der Waals surface area (Å²) >= 11 is 0. The molecule has 0 heterocycles. The Morgan fingerprint density at radius 3 is 2.86 bits per heavy atom. The monoisotopic (exact) mass is 310 g/mol. The Hall–Kier alpha value is -1.88. The number of hydrogen-bond donors (Lipinski definition) is 2. The molecule has 1 aromatic carbocycles. The molecule has 0 unspecified atom stereocenters. The summed E-state index contributed by atoms with van der Waals surface area (Å²) in [5, 5.41) is 2.69. The molecule has 6 nitrogen and oxygen atoms in total. The fourth-order valence-electron chi connectivity index (χ4n) is 1.54. The maximum atomic E-state index is 11.9. The number of benzene rings is 1. The summed E-state index contributed by atoms with van der Waals surface area (Å²) in [4.78, 5) is 11.9. The number of methoxy groups -OCH3 is 1. The van der Waals surface area contributed by atoms with Gasteiger partial charge in [0.15, 0.2) is 0 Å². The third-order valence-corrected chi connectivity index (χ3v) is 3.98. The molecule has 0 aliphatic rings. The average Bonchev–Trinajstić information content (AvgIpc) is 2.49. The van der Waals surface area contributed by atoms with Gasteiger partial charge in [-0.3, -0.25) is 4.79 Å². The van der Waals surface area contributed by atoms with Crippen LogP contribution in [0.1, 0.15) is 16.8 Å². The van der Waals surface area contributed by atoms with Gasteiger partial charge in [-0.2, -0.15) is 4.72 Å². The Labute approximate surface area is 124 Å². The Kier molecular flexibility index (Phi) is 6.88. The number of amides is 1. The number of nitrogens with one attached hydrogen (secondary N) is 2. The fourth-order valence-corrected chi connectivity index (χ4v) is 2.52. The molecular weight excluding hydrogens is 292 g/mol. The summed E-state index contributed by atoms with van der Waals surface area (Å²) in [5.41, 5.74) is 0.274. The van der Waals surface area contributed by atoms with Gasteiger partial charge in [0.1, 0.15) is 0 Å². The van der Waals surface area contributed by atoms with Crippen molar-refractivity contribution in [3.63, 3.8) is 0 Å². The number of terminal acetylenes is 1. The van der Waals surface area contributed by atoms with Crippen molar-refractivity contribution in [2.24, 2.45) is 0 Å². The predicted molar refractivity (Wildman–Crippen MR) is 79.3 cm³/mol. The van der Waals surface area contributed by atoms with E-state index in [1.807, 2.05) is 0 Å². The number of sulfonamides is 1. The Balaban J connectivity index is 2.76. The van der Waals surface area contributed by atoms with Crippen LogP contribution in [0.25, 0.3) is 0 Å². The first-order valence-corrected chi connectivity index (χ1v) is 7.80. The van der Waals surface area contributed by atoms with Crippen LogP contribution in [-0.4, -0.2) is 41.1 Å². The lowest BCUT2D eigenvalue weighted by atomic mass is 10.2. The molecule has 114 valence electrons. The minimum atomic E-state index is -3.70. The number of carbonyl (C=O) groups excluding carboxylic acids is 1. The highest BCUT2D eigenvalue weighted by Crippen LogP contribution is 2.11. The molecule has 0 saturated carbocycles. The van der Waals surface area contributed by atoms with Crippen LogP contribution in [0.4, 0.5) is 0 Å². The molecule has 0 fully saturated rings. The van der Waals surface area contributed by atoms with Gasteiger partial charge in [-0.1, -0.05) is 12.0 Å². The van der Waals surface area contributed by atoms with E-state index in [0.717, 1.165) is 0 Å². The van der Waals surface area contributed by atoms with Crippen LogP contribution in [0, 0.1) is 12.3 Å². The fraction of sp³-hybridized carbons (Fsp3) is 0.357. The summed E-state index contributed by atoms with van der Waals surface area (Å²) in [6, 6.07) is 5.77. The van der Waals surface area contributed by atoms with E-state index < -0.39 is 10.0 Å². The largest absolute Gasteiger partial charge is 0.385 e. The highest BCUT2D eigenvalue weighted by atomic mass is 32.2. The first kappa shape index (κ1) is 17.2. The molecule has 0 saturated heterocycles. The van der Waals surface area contributed by atoms with Gasteiger partial charge in [-0.15, -0.1) is 6.42 Å². The molecule has 1 aromatic rings. The average molecular weight is 310 g/mol. The van der Waals surface area contributed by atoms with Gasteiger partial charge in [0.2, 0.25) is 10.0 Å². The van der Waals surface area contributed by atoms with E-state index in [9.17, 15) is 13.2 Å². The second-order valence-corrected chi connectivity index (χ2v) is 5.93. The van der Waals surface area contributed by atoms with Crippen molar-refractivity contribution in [3.8, 4) is 12.3 Å². The number of rotatable bonds is 8. The van der Waals surface area contributed by atoms with Crippen molar-refractivity contribution >= 4 is 15.9 Å². The van der Waals surface area contributed by atoms with Crippen LogP contribution in [0.5, 0.6) is 0 Å². The summed E-state index contributed by atoms with van der Waals surface area (Å²) in [5.74, 6) is 1.86. The van der Waals surface area contributed by atoms with Crippen molar-refractivity contribution in [1.29, 1.82) is 0 Å². The van der Waals surface area contributed by atoms with E-state index >= 15 is 0 Å². The zero-order valence-corrected chi connectivity index (χ0v) is 12.6. The second-order valence-electron chi connectivity index (χ2n) is 4.16. The first-order valence-electron chi connectivity index (χ1n) is 6.31. The summed E-state index contributed by atoms with van der Waals surface area (Å²) < 4.78 is 30.9. The van der Waals surface area contributed by atoms with E-state index in [-0.39, 0.29) is 22.9 Å². The summed E-state index contributed by atoms with van der Waals surface area (Å²) in [6.07, 6.45) is 5.70. The third kappa shape index (κ3) is 5.55. The maximum absolute atomic E-state index is 11.9. The van der Waals surface area contributed by atoms with Crippen molar-refractivity contribution < 1.29 is 17.9 Å². The van der Waals surface area contributed by atoms with Gasteiger partial charge in [0.05, 0.1) is 11.4 Å². The zero-order valence-electron chi connectivity index (χ0n) is 11.8. The minimum Gasteiger partial charge on any atom is -0.385 e. The van der Waals surface area contributed by atoms with Crippen molar-refractivity contribution in [2.45, 2.75) is 11.3 Å². The second kappa shape index (κ2) is 8.42. The van der Waals surface area contributed by atoms with Gasteiger partial charge in [0, 0.05) is 25.8 Å². The maximum Gasteiger partial charge on any atom is 0.251 e. The van der Waals surface area contributed by atoms with Crippen LogP contribution in [0.2, 0.25) is 0 Å². The zero-order chi connectivity index (χ0) is 15.7. The van der Waals surface area contributed by atoms with Gasteiger partial charge < -0.3 is 10.1 Å². The van der Waals surface area contributed by atoms with E-state index in [1.165, 1.54) is 18.2 Å². The number of ether oxygens (including phenoxy) is 1. The van der Waals surface area contributed by atoms with Crippen LogP contribution in [0.3, 0.4) is 0 Å². The molecule has 21 heavy (non-hydrogen) atoms. The van der Waals surface area contributed by atoms with Gasteiger partial charge >= 0.3 is 0 Å². The molecule has 0 aliphatic heterocycles. The van der Waals surface area contributed by atoms with E-state index in [1.54, 1.807) is 13.2 Å². The van der Waals surface area contributed by atoms with Crippen molar-refractivity contribution in [2.75, 3.05) is 26.8 Å². The molecule has 0 radical (unpaired) electrons. The van der Waals surface area contributed by atoms with Crippen molar-refractivity contribution in [3.05, 3.63) is 29.8 Å². The van der Waals surface area contributed by atoms with Gasteiger partial charge in [-0.25, -0.2) is 8.42 Å². The Bertz CT molecular complexity index is 620. The molecule has 1 amide bonds. The highest BCUT2D eigenvalue weighted by molar-refractivity contribution is 7.89. The Morgan fingerprint density at radius 1 is 1.43 bits per heavy atom. The van der Waals surface area contributed by atoms with Gasteiger partial charge in [0.25, 0.3) is 5.91 Å². The Morgan fingerprint density at radius 2 is 2.19 bits per heavy atom. The topological polar surface area (TPSA) is 84.5 Å². The third-order valence-electron chi connectivity index (χ3n) is 2.58.